The third kappa shape index (κ3) is 3.86. The molecular formula is C24H22N2O2. The predicted octanol–water partition coefficient (Wildman–Crippen LogP) is 5.39. The molecule has 0 atom stereocenters. The molecule has 0 saturated heterocycles. The summed E-state index contributed by atoms with van der Waals surface area (Å²) in [7, 11) is 0. The van der Waals surface area contributed by atoms with Crippen LogP contribution in [0.15, 0.2) is 79.0 Å². The molecule has 4 aromatic rings. The Morgan fingerprint density at radius 3 is 2.43 bits per heavy atom. The number of aromatic nitrogens is 2. The standard InChI is InChI=1S/C24H22N2O2/c1-2-4-18(5-3-1)16-27-22-12-9-21(10-13-22)26-15-20-8-11-23(14-24(20)25-26)28-17-19-6-7-19/h1-5,8-15,19H,6-7,16-17H2. The van der Waals surface area contributed by atoms with Crippen molar-refractivity contribution >= 4 is 10.9 Å². The van der Waals surface area contributed by atoms with E-state index >= 15 is 0 Å². The highest BCUT2D eigenvalue weighted by molar-refractivity contribution is 5.80. The lowest BCUT2D eigenvalue weighted by atomic mass is 10.2. The molecule has 1 heterocycles. The third-order valence-electron chi connectivity index (χ3n) is 5.01. The van der Waals surface area contributed by atoms with E-state index in [0.29, 0.717) is 6.61 Å². The maximum Gasteiger partial charge on any atom is 0.121 e. The van der Waals surface area contributed by atoms with Crippen molar-refractivity contribution in [3.63, 3.8) is 0 Å². The van der Waals surface area contributed by atoms with E-state index in [-0.39, 0.29) is 0 Å². The summed E-state index contributed by atoms with van der Waals surface area (Å²) < 4.78 is 13.6. The number of benzene rings is 3. The maximum absolute atomic E-state index is 5.87. The monoisotopic (exact) mass is 370 g/mol. The first-order valence-electron chi connectivity index (χ1n) is 9.73. The zero-order chi connectivity index (χ0) is 18.8. The SMILES string of the molecule is c1ccc(COc2ccc(-n3cc4ccc(OCC5CC5)cc4n3)cc2)cc1. The van der Waals surface area contributed by atoms with Crippen molar-refractivity contribution in [3.8, 4) is 17.2 Å². The van der Waals surface area contributed by atoms with E-state index in [9.17, 15) is 0 Å². The Bertz CT molecular complexity index is 1070. The average molecular weight is 370 g/mol. The summed E-state index contributed by atoms with van der Waals surface area (Å²) in [4.78, 5) is 0. The highest BCUT2D eigenvalue weighted by atomic mass is 16.5. The maximum atomic E-state index is 5.87. The van der Waals surface area contributed by atoms with E-state index in [1.807, 2.05) is 65.5 Å². The Hall–Kier alpha value is -3.27. The van der Waals surface area contributed by atoms with Gasteiger partial charge in [-0.25, -0.2) is 4.68 Å². The molecule has 0 radical (unpaired) electrons. The number of hydrogen-bond acceptors (Lipinski definition) is 3. The van der Waals surface area contributed by atoms with Crippen LogP contribution in [0.1, 0.15) is 18.4 Å². The zero-order valence-electron chi connectivity index (χ0n) is 15.6. The van der Waals surface area contributed by atoms with E-state index < -0.39 is 0 Å². The van der Waals surface area contributed by atoms with Crippen LogP contribution in [0.3, 0.4) is 0 Å². The first-order valence-corrected chi connectivity index (χ1v) is 9.73. The van der Waals surface area contributed by atoms with Crippen LogP contribution in [-0.2, 0) is 6.61 Å². The van der Waals surface area contributed by atoms with E-state index in [1.165, 1.54) is 12.8 Å². The molecule has 1 fully saturated rings. The van der Waals surface area contributed by atoms with E-state index in [2.05, 4.69) is 18.2 Å². The van der Waals surface area contributed by atoms with Gasteiger partial charge in [0.2, 0.25) is 0 Å². The molecule has 140 valence electrons. The van der Waals surface area contributed by atoms with Gasteiger partial charge in [-0.15, -0.1) is 0 Å². The van der Waals surface area contributed by atoms with Gasteiger partial charge in [-0.3, -0.25) is 0 Å². The fourth-order valence-corrected chi connectivity index (χ4v) is 3.15. The van der Waals surface area contributed by atoms with Gasteiger partial charge in [-0.2, -0.15) is 5.10 Å². The van der Waals surface area contributed by atoms with Gasteiger partial charge in [0.15, 0.2) is 0 Å². The first-order chi connectivity index (χ1) is 13.8. The van der Waals surface area contributed by atoms with E-state index in [0.717, 1.165) is 46.2 Å². The molecule has 0 N–H and O–H groups in total. The van der Waals surface area contributed by atoms with Gasteiger partial charge in [0.05, 0.1) is 17.8 Å². The molecule has 28 heavy (non-hydrogen) atoms. The minimum atomic E-state index is 0.565. The normalized spacial score (nSPS) is 13.6. The minimum Gasteiger partial charge on any atom is -0.493 e. The summed E-state index contributed by atoms with van der Waals surface area (Å²) in [6.07, 6.45) is 4.63. The van der Waals surface area contributed by atoms with Crippen molar-refractivity contribution < 1.29 is 9.47 Å². The molecule has 3 aromatic carbocycles. The molecule has 0 amide bonds. The van der Waals surface area contributed by atoms with Crippen molar-refractivity contribution in [2.24, 2.45) is 5.92 Å². The molecule has 1 aliphatic carbocycles. The minimum absolute atomic E-state index is 0.565. The van der Waals surface area contributed by atoms with Crippen LogP contribution < -0.4 is 9.47 Å². The largest absolute Gasteiger partial charge is 0.493 e. The number of fused-ring (bicyclic) bond motifs is 1. The molecular weight excluding hydrogens is 348 g/mol. The van der Waals surface area contributed by atoms with E-state index in [4.69, 9.17) is 14.6 Å². The lowest BCUT2D eigenvalue weighted by molar-refractivity contribution is 0.300. The van der Waals surface area contributed by atoms with Gasteiger partial charge in [-0.05, 0) is 60.7 Å². The highest BCUT2D eigenvalue weighted by Crippen LogP contribution is 2.30. The van der Waals surface area contributed by atoms with Crippen LogP contribution in [0.5, 0.6) is 11.5 Å². The first kappa shape index (κ1) is 16.9. The molecule has 0 aliphatic heterocycles. The van der Waals surface area contributed by atoms with Gasteiger partial charge in [-0.1, -0.05) is 30.3 Å². The van der Waals surface area contributed by atoms with Crippen LogP contribution in [0, 0.1) is 5.92 Å². The number of rotatable bonds is 7. The zero-order valence-corrected chi connectivity index (χ0v) is 15.6. The number of hydrogen-bond donors (Lipinski definition) is 0. The Kier molecular flexibility index (Phi) is 4.45. The van der Waals surface area contributed by atoms with Gasteiger partial charge in [0.1, 0.15) is 18.1 Å². The summed E-state index contributed by atoms with van der Waals surface area (Å²) in [6, 6.07) is 24.3. The average Bonchev–Trinajstić information content (AvgIpc) is 3.48. The Morgan fingerprint density at radius 2 is 1.64 bits per heavy atom. The summed E-state index contributed by atoms with van der Waals surface area (Å²) in [6.45, 7) is 1.38. The lowest BCUT2D eigenvalue weighted by Crippen LogP contribution is -1.98. The van der Waals surface area contributed by atoms with Gasteiger partial charge in [0, 0.05) is 17.6 Å². The second-order valence-corrected chi connectivity index (χ2v) is 7.32. The highest BCUT2D eigenvalue weighted by Gasteiger charge is 2.21. The summed E-state index contributed by atoms with van der Waals surface area (Å²) in [5.41, 5.74) is 3.10. The second-order valence-electron chi connectivity index (χ2n) is 7.32. The van der Waals surface area contributed by atoms with Crippen LogP contribution >= 0.6 is 0 Å². The third-order valence-corrected chi connectivity index (χ3v) is 5.01. The topological polar surface area (TPSA) is 36.3 Å². The van der Waals surface area contributed by atoms with Crippen LogP contribution in [0.2, 0.25) is 0 Å². The van der Waals surface area contributed by atoms with Crippen molar-refractivity contribution in [1.29, 1.82) is 0 Å². The van der Waals surface area contributed by atoms with Gasteiger partial charge in [0.25, 0.3) is 0 Å². The molecule has 4 heteroatoms. The second kappa shape index (κ2) is 7.39. The summed E-state index contributed by atoms with van der Waals surface area (Å²) >= 11 is 0. The molecule has 0 spiro atoms. The molecule has 0 unspecified atom stereocenters. The summed E-state index contributed by atoms with van der Waals surface area (Å²) in [5, 5.41) is 5.81. The van der Waals surface area contributed by atoms with Crippen molar-refractivity contribution in [1.82, 2.24) is 9.78 Å². The lowest BCUT2D eigenvalue weighted by Gasteiger charge is -2.07. The van der Waals surface area contributed by atoms with Crippen molar-refractivity contribution in [3.05, 3.63) is 84.6 Å². The fourth-order valence-electron chi connectivity index (χ4n) is 3.15. The quantitative estimate of drug-likeness (QED) is 0.437. The Morgan fingerprint density at radius 1 is 0.857 bits per heavy atom. The molecule has 1 aromatic heterocycles. The van der Waals surface area contributed by atoms with Gasteiger partial charge < -0.3 is 9.47 Å². The molecule has 4 nitrogen and oxygen atoms in total. The van der Waals surface area contributed by atoms with Gasteiger partial charge >= 0.3 is 0 Å². The van der Waals surface area contributed by atoms with Crippen molar-refractivity contribution in [2.75, 3.05) is 6.61 Å². The smallest absolute Gasteiger partial charge is 0.121 e. The molecule has 1 saturated carbocycles. The van der Waals surface area contributed by atoms with Crippen LogP contribution in [-0.4, -0.2) is 16.4 Å². The molecule has 5 rings (SSSR count). The van der Waals surface area contributed by atoms with E-state index in [1.54, 1.807) is 0 Å². The summed E-state index contributed by atoms with van der Waals surface area (Å²) in [5.74, 6) is 2.49. The van der Waals surface area contributed by atoms with Crippen molar-refractivity contribution in [2.45, 2.75) is 19.4 Å². The molecule has 0 bridgehead atoms. The Balaban J connectivity index is 1.28. The number of ether oxygens (including phenoxy) is 2. The predicted molar refractivity (Wildman–Crippen MR) is 110 cm³/mol. The molecule has 1 aliphatic rings. The van der Waals surface area contributed by atoms with Crippen LogP contribution in [0.4, 0.5) is 0 Å². The van der Waals surface area contributed by atoms with Crippen LogP contribution in [0.25, 0.3) is 16.6 Å². The Labute approximate surface area is 164 Å². The fraction of sp³-hybridized carbons (Fsp3) is 0.208. The number of nitrogens with zero attached hydrogens (tertiary/aromatic N) is 2.